The zero-order chi connectivity index (χ0) is 9.30. The molecule has 0 saturated carbocycles. The number of aromatic amines is 1. The predicted molar refractivity (Wildman–Crippen MR) is 49.1 cm³/mol. The second-order valence-electron chi connectivity index (χ2n) is 2.10. The number of pyridine rings is 1. The minimum absolute atomic E-state index is 0.102. The first-order valence-electron chi connectivity index (χ1n) is 2.98. The number of rotatable bonds is 1. The van der Waals surface area contributed by atoms with Crippen LogP contribution in [0.5, 0.6) is 0 Å². The van der Waals surface area contributed by atoms with Crippen molar-refractivity contribution in [1.29, 1.82) is 0 Å². The number of nitrogen functional groups attached to an aromatic ring is 1. The highest BCUT2D eigenvalue weighted by Crippen LogP contribution is 2.25. The Kier molecular flexibility index (Phi) is 2.65. The second kappa shape index (κ2) is 3.38. The molecule has 0 spiro atoms. The molecule has 0 aliphatic carbocycles. The summed E-state index contributed by atoms with van der Waals surface area (Å²) < 4.78 is 24.4. The molecule has 0 bridgehead atoms. The van der Waals surface area contributed by atoms with Gasteiger partial charge in [0.25, 0.3) is 12.0 Å². The normalized spacial score (nSPS) is 10.7. The Hall–Kier alpha value is -0.660. The Morgan fingerprint density at radius 1 is 1.58 bits per heavy atom. The fourth-order valence-corrected chi connectivity index (χ4v) is 1.18. The molecule has 0 aromatic carbocycles. The molecule has 1 heterocycles. The van der Waals surface area contributed by atoms with Gasteiger partial charge in [-0.05, 0) is 22.6 Å². The van der Waals surface area contributed by atoms with E-state index < -0.39 is 12.0 Å². The van der Waals surface area contributed by atoms with E-state index in [-0.39, 0.29) is 14.8 Å². The lowest BCUT2D eigenvalue weighted by Crippen LogP contribution is -2.14. The number of aromatic nitrogens is 1. The summed E-state index contributed by atoms with van der Waals surface area (Å²) in [6.45, 7) is 0. The van der Waals surface area contributed by atoms with Crippen molar-refractivity contribution in [2.75, 3.05) is 5.73 Å². The van der Waals surface area contributed by atoms with Crippen LogP contribution in [0.2, 0.25) is 0 Å². The quantitative estimate of drug-likeness (QED) is 0.769. The first-order valence-corrected chi connectivity index (χ1v) is 4.06. The number of anilines is 1. The van der Waals surface area contributed by atoms with Gasteiger partial charge in [-0.15, -0.1) is 0 Å². The molecule has 3 nitrogen and oxygen atoms in total. The number of nitrogens with one attached hydrogen (secondary N) is 1. The molecule has 66 valence electrons. The summed E-state index contributed by atoms with van der Waals surface area (Å²) in [4.78, 5) is 13.0. The molecule has 0 saturated heterocycles. The van der Waals surface area contributed by atoms with Crippen LogP contribution < -0.4 is 11.3 Å². The Morgan fingerprint density at radius 3 is 2.67 bits per heavy atom. The SMILES string of the molecule is Nc1c(C(F)F)c[nH]c(=O)c1I. The Labute approximate surface area is 80.1 Å². The summed E-state index contributed by atoms with van der Waals surface area (Å²) in [6.07, 6.45) is -1.72. The number of nitrogens with two attached hydrogens (primary N) is 1. The lowest BCUT2D eigenvalue weighted by molar-refractivity contribution is 0.151. The van der Waals surface area contributed by atoms with Gasteiger partial charge >= 0.3 is 0 Å². The lowest BCUT2D eigenvalue weighted by Gasteiger charge is -2.04. The van der Waals surface area contributed by atoms with Gasteiger partial charge in [-0.3, -0.25) is 4.79 Å². The molecular weight excluding hydrogens is 281 g/mol. The van der Waals surface area contributed by atoms with Gasteiger partial charge in [-0.1, -0.05) is 0 Å². The molecule has 1 rings (SSSR count). The zero-order valence-corrected chi connectivity index (χ0v) is 7.93. The van der Waals surface area contributed by atoms with Gasteiger partial charge in [0.1, 0.15) is 3.57 Å². The molecule has 1 aromatic rings. The van der Waals surface area contributed by atoms with Gasteiger partial charge < -0.3 is 10.7 Å². The van der Waals surface area contributed by atoms with Crippen LogP contribution in [0.4, 0.5) is 14.5 Å². The molecule has 0 unspecified atom stereocenters. The lowest BCUT2D eigenvalue weighted by atomic mass is 10.2. The third-order valence-corrected chi connectivity index (χ3v) is 2.41. The van der Waals surface area contributed by atoms with Crippen LogP contribution in [-0.2, 0) is 0 Å². The Balaban J connectivity index is 3.36. The minimum Gasteiger partial charge on any atom is -0.397 e. The third kappa shape index (κ3) is 1.57. The molecule has 0 atom stereocenters. The van der Waals surface area contributed by atoms with Gasteiger partial charge in [-0.25, -0.2) is 8.78 Å². The summed E-state index contributed by atoms with van der Waals surface area (Å²) in [6, 6.07) is 0. The smallest absolute Gasteiger partial charge is 0.267 e. The van der Waals surface area contributed by atoms with Crippen molar-refractivity contribution in [1.82, 2.24) is 4.98 Å². The standard InChI is InChI=1S/C6H5F2IN2O/c7-5(8)2-1-11-6(12)3(9)4(2)10/h1,5H,(H3,10,11,12). The highest BCUT2D eigenvalue weighted by molar-refractivity contribution is 14.1. The topological polar surface area (TPSA) is 58.9 Å². The molecule has 12 heavy (non-hydrogen) atoms. The van der Waals surface area contributed by atoms with Gasteiger partial charge in [0, 0.05) is 6.20 Å². The van der Waals surface area contributed by atoms with Crippen LogP contribution in [0.25, 0.3) is 0 Å². The van der Waals surface area contributed by atoms with E-state index >= 15 is 0 Å². The minimum atomic E-state index is -2.66. The van der Waals surface area contributed by atoms with E-state index in [2.05, 4.69) is 4.98 Å². The highest BCUT2D eigenvalue weighted by atomic mass is 127. The Morgan fingerprint density at radius 2 is 2.17 bits per heavy atom. The van der Waals surface area contributed by atoms with E-state index in [0.29, 0.717) is 0 Å². The molecule has 0 amide bonds. The van der Waals surface area contributed by atoms with Gasteiger partial charge in [0.05, 0.1) is 11.3 Å². The maximum Gasteiger partial charge on any atom is 0.267 e. The largest absolute Gasteiger partial charge is 0.397 e. The molecule has 1 aromatic heterocycles. The van der Waals surface area contributed by atoms with E-state index in [1.165, 1.54) is 0 Å². The summed E-state index contributed by atoms with van der Waals surface area (Å²) in [5, 5.41) is 0. The first kappa shape index (κ1) is 9.43. The van der Waals surface area contributed by atoms with Crippen molar-refractivity contribution in [3.05, 3.63) is 25.7 Å². The van der Waals surface area contributed by atoms with Crippen LogP contribution in [0, 0.1) is 3.57 Å². The van der Waals surface area contributed by atoms with Gasteiger partial charge in [-0.2, -0.15) is 0 Å². The maximum absolute atomic E-state index is 12.1. The molecule has 3 N–H and O–H groups in total. The summed E-state index contributed by atoms with van der Waals surface area (Å²) >= 11 is 1.63. The van der Waals surface area contributed by atoms with Crippen LogP contribution in [0.3, 0.4) is 0 Å². The summed E-state index contributed by atoms with van der Waals surface area (Å²) in [5.41, 5.74) is 4.35. The van der Waals surface area contributed by atoms with Crippen LogP contribution in [0.1, 0.15) is 12.0 Å². The Bertz CT molecular complexity index is 350. The zero-order valence-electron chi connectivity index (χ0n) is 5.77. The first-order chi connectivity index (χ1) is 5.54. The molecule has 6 heteroatoms. The van der Waals surface area contributed by atoms with Crippen LogP contribution >= 0.6 is 22.6 Å². The fourth-order valence-electron chi connectivity index (χ4n) is 0.714. The molecular formula is C6H5F2IN2O. The van der Waals surface area contributed by atoms with Crippen molar-refractivity contribution >= 4 is 28.3 Å². The number of halogens is 3. The maximum atomic E-state index is 12.1. The predicted octanol–water partition coefficient (Wildman–Crippen LogP) is 1.50. The van der Waals surface area contributed by atoms with Gasteiger partial charge in [0.2, 0.25) is 0 Å². The number of H-pyrrole nitrogens is 1. The van der Waals surface area contributed by atoms with Crippen LogP contribution in [0.15, 0.2) is 11.0 Å². The van der Waals surface area contributed by atoms with Crippen molar-refractivity contribution in [2.45, 2.75) is 6.43 Å². The van der Waals surface area contributed by atoms with E-state index in [1.807, 2.05) is 0 Å². The van der Waals surface area contributed by atoms with E-state index in [0.717, 1.165) is 6.20 Å². The fraction of sp³-hybridized carbons (Fsp3) is 0.167. The molecule has 0 fully saturated rings. The van der Waals surface area contributed by atoms with Gasteiger partial charge in [0.15, 0.2) is 0 Å². The monoisotopic (exact) mass is 286 g/mol. The van der Waals surface area contributed by atoms with E-state index in [4.69, 9.17) is 5.73 Å². The van der Waals surface area contributed by atoms with E-state index in [1.54, 1.807) is 22.6 Å². The number of hydrogen-bond acceptors (Lipinski definition) is 2. The third-order valence-electron chi connectivity index (χ3n) is 1.34. The van der Waals surface area contributed by atoms with Crippen molar-refractivity contribution < 1.29 is 8.78 Å². The molecule has 0 aliphatic heterocycles. The molecule has 0 radical (unpaired) electrons. The van der Waals surface area contributed by atoms with Crippen molar-refractivity contribution in [3.8, 4) is 0 Å². The van der Waals surface area contributed by atoms with Crippen LogP contribution in [-0.4, -0.2) is 4.98 Å². The highest BCUT2D eigenvalue weighted by Gasteiger charge is 2.14. The number of alkyl halides is 2. The summed E-state index contributed by atoms with van der Waals surface area (Å²) in [7, 11) is 0. The van der Waals surface area contributed by atoms with Crippen molar-refractivity contribution in [3.63, 3.8) is 0 Å². The van der Waals surface area contributed by atoms with E-state index in [9.17, 15) is 13.6 Å². The summed E-state index contributed by atoms with van der Waals surface area (Å²) in [5.74, 6) is 0. The second-order valence-corrected chi connectivity index (χ2v) is 3.18. The average molecular weight is 286 g/mol. The molecule has 0 aliphatic rings. The average Bonchev–Trinajstić information content (AvgIpc) is 2.00. The number of hydrogen-bond donors (Lipinski definition) is 2. The van der Waals surface area contributed by atoms with Crippen molar-refractivity contribution in [2.24, 2.45) is 0 Å².